The second-order valence-electron chi connectivity index (χ2n) is 8.23. The SMILES string of the molecule is CC(C)(CCCCSc1ccc(CNCCCP(=O)(O)O)cc1)c1ccccc1F. The Hall–Kier alpha value is -1.17. The van der Waals surface area contributed by atoms with Gasteiger partial charge in [-0.15, -0.1) is 11.8 Å². The van der Waals surface area contributed by atoms with E-state index >= 15 is 0 Å². The van der Waals surface area contributed by atoms with E-state index in [1.165, 1.54) is 11.0 Å². The summed E-state index contributed by atoms with van der Waals surface area (Å²) in [6, 6.07) is 15.4. The van der Waals surface area contributed by atoms with Crippen molar-refractivity contribution in [2.75, 3.05) is 18.5 Å². The maximum absolute atomic E-state index is 14.0. The molecular formula is C23H33FNO3PS. The maximum Gasteiger partial charge on any atom is 0.325 e. The number of halogens is 1. The number of nitrogens with one attached hydrogen (secondary N) is 1. The molecule has 2 aromatic rings. The quantitative estimate of drug-likeness (QED) is 0.205. The molecule has 0 bridgehead atoms. The van der Waals surface area contributed by atoms with Gasteiger partial charge in [0.2, 0.25) is 0 Å². The molecule has 4 nitrogen and oxygen atoms in total. The average molecular weight is 454 g/mol. The summed E-state index contributed by atoms with van der Waals surface area (Å²) in [7, 11) is -3.89. The van der Waals surface area contributed by atoms with E-state index < -0.39 is 7.60 Å². The van der Waals surface area contributed by atoms with E-state index in [1.807, 2.05) is 23.9 Å². The summed E-state index contributed by atoms with van der Waals surface area (Å²) in [5.41, 5.74) is 1.79. The topological polar surface area (TPSA) is 69.6 Å². The molecule has 0 aliphatic rings. The normalized spacial score (nSPS) is 12.3. The van der Waals surface area contributed by atoms with Crippen LogP contribution in [0.2, 0.25) is 0 Å². The minimum atomic E-state index is -3.89. The third kappa shape index (κ3) is 9.32. The highest BCUT2D eigenvalue weighted by atomic mass is 32.2. The largest absolute Gasteiger partial charge is 0.325 e. The molecule has 2 aromatic carbocycles. The van der Waals surface area contributed by atoms with Crippen LogP contribution in [0.1, 0.15) is 50.7 Å². The molecule has 0 heterocycles. The van der Waals surface area contributed by atoms with Crippen LogP contribution in [-0.4, -0.2) is 28.2 Å². The summed E-state index contributed by atoms with van der Waals surface area (Å²) in [6.07, 6.45) is 3.50. The predicted octanol–water partition coefficient (Wildman–Crippen LogP) is 5.72. The highest BCUT2D eigenvalue weighted by molar-refractivity contribution is 7.99. The number of rotatable bonds is 13. The lowest BCUT2D eigenvalue weighted by atomic mass is 9.80. The van der Waals surface area contributed by atoms with Gasteiger partial charge in [-0.05, 0) is 66.3 Å². The van der Waals surface area contributed by atoms with Crippen molar-refractivity contribution in [3.05, 3.63) is 65.5 Å². The van der Waals surface area contributed by atoms with E-state index in [0.29, 0.717) is 19.5 Å². The van der Waals surface area contributed by atoms with Crippen molar-refractivity contribution in [2.45, 2.75) is 56.4 Å². The monoisotopic (exact) mass is 453 g/mol. The summed E-state index contributed by atoms with van der Waals surface area (Å²) < 4.78 is 24.8. The zero-order chi connectivity index (χ0) is 22.0. The zero-order valence-corrected chi connectivity index (χ0v) is 19.5. The summed E-state index contributed by atoms with van der Waals surface area (Å²) in [5.74, 6) is 0.918. The lowest BCUT2D eigenvalue weighted by Crippen LogP contribution is -2.18. The van der Waals surface area contributed by atoms with Gasteiger partial charge in [0.15, 0.2) is 0 Å². The molecule has 0 atom stereocenters. The molecule has 0 radical (unpaired) electrons. The summed E-state index contributed by atoms with van der Waals surface area (Å²) in [4.78, 5) is 18.9. The van der Waals surface area contributed by atoms with Gasteiger partial charge in [-0.3, -0.25) is 4.57 Å². The average Bonchev–Trinajstić information content (AvgIpc) is 2.68. The van der Waals surface area contributed by atoms with Crippen LogP contribution >= 0.6 is 19.4 Å². The van der Waals surface area contributed by atoms with Gasteiger partial charge >= 0.3 is 7.60 Å². The van der Waals surface area contributed by atoms with Crippen LogP contribution < -0.4 is 5.32 Å². The van der Waals surface area contributed by atoms with Gasteiger partial charge in [-0.1, -0.05) is 50.6 Å². The maximum atomic E-state index is 14.0. The molecule has 7 heteroatoms. The van der Waals surface area contributed by atoms with E-state index in [9.17, 15) is 8.96 Å². The fourth-order valence-corrected chi connectivity index (χ4v) is 4.83. The molecular weight excluding hydrogens is 420 g/mol. The van der Waals surface area contributed by atoms with Gasteiger partial charge in [0.1, 0.15) is 5.82 Å². The van der Waals surface area contributed by atoms with Crippen LogP contribution in [0.3, 0.4) is 0 Å². The minimum Gasteiger partial charge on any atom is -0.324 e. The number of hydrogen-bond acceptors (Lipinski definition) is 3. The van der Waals surface area contributed by atoms with Gasteiger partial charge in [0.25, 0.3) is 0 Å². The molecule has 0 unspecified atom stereocenters. The highest BCUT2D eigenvalue weighted by Crippen LogP contribution is 2.34. The van der Waals surface area contributed by atoms with Crippen LogP contribution in [0.4, 0.5) is 4.39 Å². The molecule has 2 rings (SSSR count). The molecule has 0 amide bonds. The molecule has 0 aliphatic heterocycles. The second kappa shape index (κ2) is 12.0. The van der Waals surface area contributed by atoms with Crippen molar-refractivity contribution in [2.24, 2.45) is 0 Å². The van der Waals surface area contributed by atoms with Gasteiger partial charge in [0, 0.05) is 11.4 Å². The Morgan fingerprint density at radius 3 is 2.40 bits per heavy atom. The fraction of sp³-hybridized carbons (Fsp3) is 0.478. The fourth-order valence-electron chi connectivity index (χ4n) is 3.35. The van der Waals surface area contributed by atoms with E-state index in [0.717, 1.165) is 36.1 Å². The Bertz CT molecular complexity index is 823. The lowest BCUT2D eigenvalue weighted by Gasteiger charge is -2.25. The molecule has 0 saturated carbocycles. The predicted molar refractivity (Wildman–Crippen MR) is 124 cm³/mol. The van der Waals surface area contributed by atoms with Crippen molar-refractivity contribution in [1.82, 2.24) is 5.32 Å². The molecule has 0 aliphatic carbocycles. The molecule has 0 fully saturated rings. The molecule has 0 spiro atoms. The molecule has 166 valence electrons. The van der Waals surface area contributed by atoms with E-state index in [1.54, 1.807) is 6.07 Å². The Labute approximate surface area is 183 Å². The first-order valence-electron chi connectivity index (χ1n) is 10.4. The van der Waals surface area contributed by atoms with Crippen molar-refractivity contribution in [3.63, 3.8) is 0 Å². The standard InChI is InChI=1S/C23H33FNO3PS/c1-23(2,21-8-3-4-9-22(21)24)14-5-6-17-30-20-12-10-19(11-13-20)18-25-15-7-16-29(26,27)28/h3-4,8-13,25H,5-7,14-18H2,1-2H3,(H2,26,27,28). The smallest absolute Gasteiger partial charge is 0.324 e. The zero-order valence-electron chi connectivity index (χ0n) is 17.8. The van der Waals surface area contributed by atoms with Crippen molar-refractivity contribution >= 4 is 19.4 Å². The number of hydrogen-bond donors (Lipinski definition) is 3. The highest BCUT2D eigenvalue weighted by Gasteiger charge is 2.23. The van der Waals surface area contributed by atoms with Crippen LogP contribution in [0.25, 0.3) is 0 Å². The Morgan fingerprint density at radius 1 is 1.03 bits per heavy atom. The van der Waals surface area contributed by atoms with Crippen molar-refractivity contribution < 1.29 is 18.7 Å². The number of unbranched alkanes of at least 4 members (excludes halogenated alkanes) is 1. The first-order chi connectivity index (χ1) is 14.2. The van der Waals surface area contributed by atoms with Gasteiger partial charge in [-0.25, -0.2) is 4.39 Å². The van der Waals surface area contributed by atoms with E-state index in [4.69, 9.17) is 9.79 Å². The molecule has 0 aromatic heterocycles. The number of thioether (sulfide) groups is 1. The first-order valence-corrected chi connectivity index (χ1v) is 13.2. The third-order valence-electron chi connectivity index (χ3n) is 5.12. The second-order valence-corrected chi connectivity index (χ2v) is 11.2. The third-order valence-corrected chi connectivity index (χ3v) is 7.12. The van der Waals surface area contributed by atoms with Crippen molar-refractivity contribution in [3.8, 4) is 0 Å². The summed E-state index contributed by atoms with van der Waals surface area (Å²) >= 11 is 1.83. The Balaban J connectivity index is 1.63. The van der Waals surface area contributed by atoms with Crippen LogP contribution in [0.5, 0.6) is 0 Å². The van der Waals surface area contributed by atoms with E-state index in [-0.39, 0.29) is 17.4 Å². The summed E-state index contributed by atoms with van der Waals surface area (Å²) in [6.45, 7) is 5.50. The van der Waals surface area contributed by atoms with E-state index in [2.05, 4.69) is 43.4 Å². The first kappa shape index (κ1) is 25.1. The number of benzene rings is 2. The molecule has 0 saturated heterocycles. The Kier molecular flexibility index (Phi) is 10.1. The van der Waals surface area contributed by atoms with Gasteiger partial charge in [0.05, 0.1) is 6.16 Å². The van der Waals surface area contributed by atoms with Gasteiger partial charge < -0.3 is 15.1 Å². The molecule has 30 heavy (non-hydrogen) atoms. The Morgan fingerprint density at radius 2 is 1.73 bits per heavy atom. The summed E-state index contributed by atoms with van der Waals surface area (Å²) in [5, 5.41) is 3.21. The van der Waals surface area contributed by atoms with Crippen LogP contribution in [0.15, 0.2) is 53.4 Å². The van der Waals surface area contributed by atoms with Crippen molar-refractivity contribution in [1.29, 1.82) is 0 Å². The van der Waals surface area contributed by atoms with Crippen LogP contribution in [0, 0.1) is 5.82 Å². The molecule has 3 N–H and O–H groups in total. The lowest BCUT2D eigenvalue weighted by molar-refractivity contribution is 0.371. The minimum absolute atomic E-state index is 0.0763. The van der Waals surface area contributed by atoms with Gasteiger partial charge in [-0.2, -0.15) is 0 Å². The van der Waals surface area contributed by atoms with Crippen LogP contribution in [-0.2, 0) is 16.5 Å².